The second-order valence-electron chi connectivity index (χ2n) is 7.40. The van der Waals surface area contributed by atoms with Gasteiger partial charge in [-0.25, -0.2) is 4.68 Å². The van der Waals surface area contributed by atoms with E-state index in [9.17, 15) is 19.5 Å². The lowest BCUT2D eigenvalue weighted by atomic mass is 9.88. The molecule has 0 bridgehead atoms. The van der Waals surface area contributed by atoms with E-state index < -0.39 is 0 Å². The maximum atomic E-state index is 13.4. The van der Waals surface area contributed by atoms with Crippen molar-refractivity contribution in [3.8, 4) is 5.69 Å². The fourth-order valence-corrected chi connectivity index (χ4v) is 4.54. The summed E-state index contributed by atoms with van der Waals surface area (Å²) >= 11 is 1.59. The van der Waals surface area contributed by atoms with Crippen LogP contribution < -0.4 is 5.56 Å². The lowest BCUT2D eigenvalue weighted by Gasteiger charge is -2.15. The Morgan fingerprint density at radius 2 is 1.77 bits per heavy atom. The summed E-state index contributed by atoms with van der Waals surface area (Å²) in [6.45, 7) is 1.73. The van der Waals surface area contributed by atoms with Gasteiger partial charge in [0.15, 0.2) is 11.6 Å². The molecule has 30 heavy (non-hydrogen) atoms. The Hall–Kier alpha value is -3.06. The molecule has 1 saturated carbocycles. The number of hydrogen-bond acceptors (Lipinski definition) is 5. The number of fused-ring (bicyclic) bond motifs is 1. The normalized spacial score (nSPS) is 14.6. The van der Waals surface area contributed by atoms with E-state index in [0.717, 1.165) is 10.6 Å². The van der Waals surface area contributed by atoms with E-state index in [0.29, 0.717) is 28.5 Å². The van der Waals surface area contributed by atoms with Crippen LogP contribution in [0, 0.1) is 6.92 Å². The molecule has 0 spiro atoms. The van der Waals surface area contributed by atoms with Crippen LogP contribution in [0.2, 0.25) is 0 Å². The van der Waals surface area contributed by atoms with E-state index in [1.807, 2.05) is 30.5 Å². The van der Waals surface area contributed by atoms with Crippen LogP contribution in [0.1, 0.15) is 30.4 Å². The van der Waals surface area contributed by atoms with Gasteiger partial charge in [0.05, 0.1) is 16.6 Å². The molecule has 3 aromatic rings. The molecular weight excluding hydrogens is 400 g/mol. The van der Waals surface area contributed by atoms with E-state index in [-0.39, 0.29) is 41.3 Å². The zero-order chi connectivity index (χ0) is 21.6. The molecule has 1 fully saturated rings. The van der Waals surface area contributed by atoms with Crippen molar-refractivity contribution >= 4 is 40.0 Å². The largest absolute Gasteiger partial charge is 0.506 e. The number of aryl methyl sites for hydroxylation is 2. The SMILES string of the molecule is CSc1cccc(-n2c(=O)c3c(C)c(C(O)=C4C(=O)CCCC4=O)ccc3n2C)c1. The first-order valence-electron chi connectivity index (χ1n) is 9.71. The summed E-state index contributed by atoms with van der Waals surface area (Å²) in [5.41, 5.74) is 1.97. The van der Waals surface area contributed by atoms with Crippen molar-refractivity contribution < 1.29 is 14.7 Å². The zero-order valence-corrected chi connectivity index (χ0v) is 17.9. The van der Waals surface area contributed by atoms with Gasteiger partial charge in [0.1, 0.15) is 11.3 Å². The van der Waals surface area contributed by atoms with Crippen LogP contribution in [0.4, 0.5) is 0 Å². The topological polar surface area (TPSA) is 81.3 Å². The molecule has 0 aliphatic heterocycles. The van der Waals surface area contributed by atoms with E-state index in [1.165, 1.54) is 0 Å². The quantitative estimate of drug-likeness (QED) is 0.299. The van der Waals surface area contributed by atoms with Gasteiger partial charge in [0.25, 0.3) is 5.56 Å². The van der Waals surface area contributed by atoms with Crippen molar-refractivity contribution in [1.82, 2.24) is 9.36 Å². The standard InChI is InChI=1S/C23H22N2O4S/c1-13-16(22(28)21-18(26)8-5-9-19(21)27)10-11-17-20(13)23(29)25(24(17)2)14-6-4-7-15(12-14)30-3/h4,6-7,10-12,28H,5,8-9H2,1-3H3. The zero-order valence-electron chi connectivity index (χ0n) is 17.1. The minimum Gasteiger partial charge on any atom is -0.506 e. The van der Waals surface area contributed by atoms with Gasteiger partial charge in [-0.1, -0.05) is 6.07 Å². The van der Waals surface area contributed by atoms with Gasteiger partial charge < -0.3 is 5.11 Å². The summed E-state index contributed by atoms with van der Waals surface area (Å²) in [7, 11) is 1.81. The molecule has 1 heterocycles. The number of carbonyl (C=O) groups is 2. The number of aliphatic hydroxyl groups excluding tert-OH is 1. The Morgan fingerprint density at radius 3 is 2.43 bits per heavy atom. The Balaban J connectivity index is 1.96. The van der Waals surface area contributed by atoms with Crippen molar-refractivity contribution in [2.75, 3.05) is 6.26 Å². The molecule has 0 unspecified atom stereocenters. The van der Waals surface area contributed by atoms with Gasteiger partial charge in [0.2, 0.25) is 0 Å². The van der Waals surface area contributed by atoms with Crippen molar-refractivity contribution in [2.45, 2.75) is 31.1 Å². The van der Waals surface area contributed by atoms with Gasteiger partial charge in [-0.15, -0.1) is 11.8 Å². The maximum absolute atomic E-state index is 13.4. The Kier molecular flexibility index (Phi) is 5.15. The summed E-state index contributed by atoms with van der Waals surface area (Å²) in [4.78, 5) is 38.9. The molecule has 4 rings (SSSR count). The molecule has 0 atom stereocenters. The lowest BCUT2D eigenvalue weighted by molar-refractivity contribution is -0.123. The van der Waals surface area contributed by atoms with Crippen LogP contribution in [-0.2, 0) is 16.6 Å². The smallest absolute Gasteiger partial charge is 0.279 e. The van der Waals surface area contributed by atoms with Gasteiger partial charge in [-0.2, -0.15) is 0 Å². The summed E-state index contributed by atoms with van der Waals surface area (Å²) < 4.78 is 3.36. The number of aromatic nitrogens is 2. The lowest BCUT2D eigenvalue weighted by Crippen LogP contribution is -2.21. The highest BCUT2D eigenvalue weighted by molar-refractivity contribution is 7.98. The average molecular weight is 423 g/mol. The fourth-order valence-electron chi connectivity index (χ4n) is 4.09. The van der Waals surface area contributed by atoms with E-state index >= 15 is 0 Å². The van der Waals surface area contributed by atoms with Gasteiger partial charge >= 0.3 is 0 Å². The molecule has 1 aromatic heterocycles. The highest BCUT2D eigenvalue weighted by Gasteiger charge is 2.29. The Labute approximate surface area is 177 Å². The summed E-state index contributed by atoms with van der Waals surface area (Å²) in [5.74, 6) is -1.02. The van der Waals surface area contributed by atoms with E-state index in [4.69, 9.17) is 0 Å². The van der Waals surface area contributed by atoms with Crippen LogP contribution >= 0.6 is 11.8 Å². The van der Waals surface area contributed by atoms with E-state index in [2.05, 4.69) is 0 Å². The predicted molar refractivity (Wildman–Crippen MR) is 118 cm³/mol. The number of aliphatic hydroxyl groups is 1. The van der Waals surface area contributed by atoms with Crippen LogP contribution in [0.5, 0.6) is 0 Å². The van der Waals surface area contributed by atoms with Crippen molar-refractivity contribution in [2.24, 2.45) is 7.05 Å². The number of thioether (sulfide) groups is 1. The minimum atomic E-state index is -0.345. The second kappa shape index (κ2) is 7.65. The number of carbonyl (C=O) groups excluding carboxylic acids is 2. The average Bonchev–Trinajstić information content (AvgIpc) is 2.98. The summed E-state index contributed by atoms with van der Waals surface area (Å²) in [6, 6.07) is 11.1. The minimum absolute atomic E-state index is 0.146. The highest BCUT2D eigenvalue weighted by Crippen LogP contribution is 2.30. The number of hydrogen-bond donors (Lipinski definition) is 1. The molecule has 1 N–H and O–H groups in total. The third kappa shape index (κ3) is 3.10. The fraction of sp³-hybridized carbons (Fsp3) is 0.261. The molecule has 7 heteroatoms. The number of allylic oxidation sites excluding steroid dienone is 1. The highest BCUT2D eigenvalue weighted by atomic mass is 32.2. The van der Waals surface area contributed by atoms with Crippen LogP contribution in [0.25, 0.3) is 22.3 Å². The predicted octanol–water partition coefficient (Wildman–Crippen LogP) is 3.95. The van der Waals surface area contributed by atoms with Gasteiger partial charge in [-0.05, 0) is 55.5 Å². The van der Waals surface area contributed by atoms with Crippen LogP contribution in [0.15, 0.2) is 51.7 Å². The number of Topliss-reactive ketones (excluding diaryl/α,β-unsaturated/α-hetero) is 2. The third-order valence-electron chi connectivity index (χ3n) is 5.65. The van der Waals surface area contributed by atoms with Crippen LogP contribution in [-0.4, -0.2) is 32.3 Å². The monoisotopic (exact) mass is 422 g/mol. The Bertz CT molecular complexity index is 1280. The number of nitrogens with zero attached hydrogens (tertiary/aromatic N) is 2. The first kappa shape index (κ1) is 20.2. The molecule has 6 nitrogen and oxygen atoms in total. The Morgan fingerprint density at radius 1 is 1.07 bits per heavy atom. The second-order valence-corrected chi connectivity index (χ2v) is 8.28. The van der Waals surface area contributed by atoms with Crippen molar-refractivity contribution in [3.05, 3.63) is 63.5 Å². The van der Waals surface area contributed by atoms with E-state index in [1.54, 1.807) is 47.2 Å². The third-order valence-corrected chi connectivity index (χ3v) is 6.38. The molecule has 0 saturated heterocycles. The molecule has 1 aliphatic carbocycles. The number of rotatable bonds is 3. The maximum Gasteiger partial charge on any atom is 0.279 e. The van der Waals surface area contributed by atoms with Gasteiger partial charge in [0, 0.05) is 30.3 Å². The summed E-state index contributed by atoms with van der Waals surface area (Å²) in [6.07, 6.45) is 2.97. The molecule has 1 aliphatic rings. The van der Waals surface area contributed by atoms with Crippen molar-refractivity contribution in [1.29, 1.82) is 0 Å². The van der Waals surface area contributed by atoms with Crippen LogP contribution in [0.3, 0.4) is 0 Å². The first-order chi connectivity index (χ1) is 14.3. The number of benzene rings is 2. The molecular formula is C23H22N2O4S. The number of ketones is 2. The van der Waals surface area contributed by atoms with Crippen molar-refractivity contribution in [3.63, 3.8) is 0 Å². The molecule has 0 amide bonds. The molecule has 154 valence electrons. The molecule has 2 aromatic carbocycles. The van der Waals surface area contributed by atoms with Gasteiger partial charge in [-0.3, -0.25) is 19.1 Å². The first-order valence-corrected chi connectivity index (χ1v) is 10.9. The molecule has 0 radical (unpaired) electrons. The summed E-state index contributed by atoms with van der Waals surface area (Å²) in [5, 5.41) is 11.2.